The van der Waals surface area contributed by atoms with Crippen LogP contribution in [0, 0.1) is 6.92 Å². The van der Waals surface area contributed by atoms with Crippen LogP contribution < -0.4 is 0 Å². The predicted octanol–water partition coefficient (Wildman–Crippen LogP) is 4.22. The quantitative estimate of drug-likeness (QED) is 0.545. The minimum Gasteiger partial charge on any atom is -0.480 e. The third-order valence-corrected chi connectivity index (χ3v) is 4.57. The molecule has 1 atom stereocenters. The van der Waals surface area contributed by atoms with Gasteiger partial charge in [0.25, 0.3) is 0 Å². The molecule has 0 radical (unpaired) electrons. The molecule has 0 spiro atoms. The second-order valence-electron chi connectivity index (χ2n) is 7.61. The van der Waals surface area contributed by atoms with Gasteiger partial charge in [0.05, 0.1) is 0 Å². The van der Waals surface area contributed by atoms with Crippen LogP contribution in [0.5, 0.6) is 0 Å². The van der Waals surface area contributed by atoms with E-state index >= 15 is 0 Å². The van der Waals surface area contributed by atoms with Gasteiger partial charge >= 0.3 is 5.97 Å². The Kier molecular flexibility index (Phi) is 4.40. The van der Waals surface area contributed by atoms with Crippen molar-refractivity contribution in [2.75, 3.05) is 0 Å². The molecule has 0 aliphatic rings. The maximum Gasteiger partial charge on any atom is 0.319 e. The summed E-state index contributed by atoms with van der Waals surface area (Å²) in [5, 5.41) is 10.5. The van der Waals surface area contributed by atoms with Crippen LogP contribution in [0.1, 0.15) is 53.9 Å². The Morgan fingerprint density at radius 2 is 1.88 bits per heavy atom. The molecule has 0 aliphatic heterocycles. The number of nitrogens with zero attached hydrogens (tertiary/aromatic N) is 1. The minimum atomic E-state index is -1.30. The lowest BCUT2D eigenvalue weighted by molar-refractivity contribution is -0.137. The summed E-state index contributed by atoms with van der Waals surface area (Å²) < 4.78 is 0. The number of rotatable bonds is 4. The van der Waals surface area contributed by atoms with Crippen molar-refractivity contribution in [3.63, 3.8) is 0 Å². The van der Waals surface area contributed by atoms with E-state index in [1.54, 1.807) is 18.3 Å². The Bertz CT molecular complexity index is 996. The van der Waals surface area contributed by atoms with Gasteiger partial charge in [-0.1, -0.05) is 26.8 Å². The summed E-state index contributed by atoms with van der Waals surface area (Å²) in [6.45, 7) is 8.13. The van der Waals surface area contributed by atoms with Gasteiger partial charge in [-0.05, 0) is 53.3 Å². The number of hydrogen-bond donors (Lipinski definition) is 2. The number of carboxylic acids is 1. The smallest absolute Gasteiger partial charge is 0.319 e. The van der Waals surface area contributed by atoms with Crippen LogP contribution in [0.3, 0.4) is 0 Å². The number of nitrogens with one attached hydrogen (secondary N) is 1. The van der Waals surface area contributed by atoms with Crippen LogP contribution >= 0.6 is 0 Å². The van der Waals surface area contributed by atoms with Crippen molar-refractivity contribution in [1.82, 2.24) is 9.97 Å². The number of fused-ring (bicyclic) bond motifs is 1. The number of pyridine rings is 1. The molecule has 1 unspecified atom stereocenters. The molecule has 0 saturated carbocycles. The van der Waals surface area contributed by atoms with Crippen molar-refractivity contribution in [2.24, 2.45) is 0 Å². The highest BCUT2D eigenvalue weighted by Gasteiger charge is 2.32. The first-order valence-corrected chi connectivity index (χ1v) is 8.49. The number of hydrogen-bond acceptors (Lipinski definition) is 3. The number of carbonyl (C=O) groups is 2. The first kappa shape index (κ1) is 17.9. The third-order valence-electron chi connectivity index (χ3n) is 4.57. The van der Waals surface area contributed by atoms with E-state index in [0.29, 0.717) is 5.56 Å². The van der Waals surface area contributed by atoms with Gasteiger partial charge in [-0.15, -0.1) is 0 Å². The van der Waals surface area contributed by atoms with Gasteiger partial charge in [0, 0.05) is 23.3 Å². The number of carbonyl (C=O) groups excluding carboxylic acids is 1. The van der Waals surface area contributed by atoms with E-state index in [9.17, 15) is 14.7 Å². The van der Waals surface area contributed by atoms with E-state index in [0.717, 1.165) is 22.0 Å². The van der Waals surface area contributed by atoms with Gasteiger partial charge in [-0.3, -0.25) is 14.6 Å². The Hall–Kier alpha value is -2.95. The van der Waals surface area contributed by atoms with Gasteiger partial charge in [-0.2, -0.15) is 0 Å². The van der Waals surface area contributed by atoms with E-state index in [1.165, 1.54) is 6.20 Å². The first-order chi connectivity index (χ1) is 12.2. The SMILES string of the molecule is Cc1ccnc(C(=O)C(C(=O)O)c2c[nH]c3ccc(C(C)(C)C)cc23)c1. The Morgan fingerprint density at radius 3 is 2.50 bits per heavy atom. The highest BCUT2D eigenvalue weighted by atomic mass is 16.4. The maximum atomic E-state index is 12.9. The van der Waals surface area contributed by atoms with Crippen molar-refractivity contribution < 1.29 is 14.7 Å². The molecule has 2 N–H and O–H groups in total. The van der Waals surface area contributed by atoms with Crippen molar-refractivity contribution in [3.05, 3.63) is 65.1 Å². The summed E-state index contributed by atoms with van der Waals surface area (Å²) >= 11 is 0. The first-order valence-electron chi connectivity index (χ1n) is 8.49. The van der Waals surface area contributed by atoms with Crippen molar-refractivity contribution >= 4 is 22.7 Å². The molecule has 26 heavy (non-hydrogen) atoms. The Labute approximate surface area is 152 Å². The molecule has 5 heteroatoms. The van der Waals surface area contributed by atoms with Crippen LogP contribution in [0.15, 0.2) is 42.7 Å². The van der Waals surface area contributed by atoms with E-state index in [-0.39, 0.29) is 11.1 Å². The molecule has 1 aromatic carbocycles. The fraction of sp³-hybridized carbons (Fsp3) is 0.286. The average Bonchev–Trinajstić information content (AvgIpc) is 2.97. The molecule has 0 aliphatic carbocycles. The number of H-pyrrole nitrogens is 1. The van der Waals surface area contributed by atoms with Crippen molar-refractivity contribution in [1.29, 1.82) is 0 Å². The van der Waals surface area contributed by atoms with Gasteiger partial charge in [-0.25, -0.2) is 0 Å². The molecule has 3 aromatic rings. The average molecular weight is 350 g/mol. The predicted molar refractivity (Wildman–Crippen MR) is 101 cm³/mol. The monoisotopic (exact) mass is 350 g/mol. The molecule has 0 fully saturated rings. The van der Waals surface area contributed by atoms with E-state index in [2.05, 4.69) is 30.7 Å². The number of carboxylic acid groups (broad SMARTS) is 1. The van der Waals surface area contributed by atoms with Gasteiger partial charge < -0.3 is 10.1 Å². The molecular formula is C21H22N2O3. The summed E-state index contributed by atoms with van der Waals surface area (Å²) in [5.74, 6) is -2.99. The highest BCUT2D eigenvalue weighted by Crippen LogP contribution is 2.32. The molecule has 2 heterocycles. The second kappa shape index (κ2) is 6.41. The standard InChI is InChI=1S/C21H22N2O3/c1-12-7-8-22-17(9-12)19(24)18(20(25)26)15-11-23-16-6-5-13(10-14(15)16)21(2,3)4/h5-11,18,23H,1-4H3,(H,25,26). The zero-order valence-electron chi connectivity index (χ0n) is 15.3. The zero-order valence-corrected chi connectivity index (χ0v) is 15.3. The molecular weight excluding hydrogens is 328 g/mol. The largest absolute Gasteiger partial charge is 0.480 e. The van der Waals surface area contributed by atoms with Crippen molar-refractivity contribution in [2.45, 2.75) is 39.0 Å². The summed E-state index contributed by atoms with van der Waals surface area (Å²) in [6, 6.07) is 9.30. The molecule has 2 aromatic heterocycles. The van der Waals surface area contributed by atoms with Crippen LogP contribution in [-0.2, 0) is 10.2 Å². The molecule has 0 amide bonds. The lowest BCUT2D eigenvalue weighted by Crippen LogP contribution is -2.22. The van der Waals surface area contributed by atoms with Crippen LogP contribution in [0.4, 0.5) is 0 Å². The zero-order chi connectivity index (χ0) is 19.1. The van der Waals surface area contributed by atoms with Crippen molar-refractivity contribution in [3.8, 4) is 0 Å². The number of aryl methyl sites for hydroxylation is 1. The Balaban J connectivity index is 2.14. The maximum absolute atomic E-state index is 12.9. The number of Topliss-reactive ketones (excluding diaryl/α,β-unsaturated/α-hetero) is 1. The van der Waals surface area contributed by atoms with E-state index < -0.39 is 17.7 Å². The summed E-state index contributed by atoms with van der Waals surface area (Å²) in [4.78, 5) is 32.0. The number of aromatic amines is 1. The van der Waals surface area contributed by atoms with Gasteiger partial charge in [0.15, 0.2) is 5.78 Å². The van der Waals surface area contributed by atoms with Gasteiger partial charge in [0.2, 0.25) is 0 Å². The second-order valence-corrected chi connectivity index (χ2v) is 7.61. The topological polar surface area (TPSA) is 83.1 Å². The minimum absolute atomic E-state index is 0.0798. The highest BCUT2D eigenvalue weighted by molar-refractivity contribution is 6.13. The van der Waals surface area contributed by atoms with Gasteiger partial charge in [0.1, 0.15) is 11.6 Å². The fourth-order valence-corrected chi connectivity index (χ4v) is 3.05. The third kappa shape index (κ3) is 3.25. The fourth-order valence-electron chi connectivity index (χ4n) is 3.05. The number of benzene rings is 1. The van der Waals surface area contributed by atoms with Crippen LogP contribution in [0.25, 0.3) is 10.9 Å². The number of aliphatic carboxylic acids is 1. The van der Waals surface area contributed by atoms with E-state index in [4.69, 9.17) is 0 Å². The number of aromatic nitrogens is 2. The molecule has 5 nitrogen and oxygen atoms in total. The number of ketones is 1. The lowest BCUT2D eigenvalue weighted by atomic mass is 9.85. The summed E-state index contributed by atoms with van der Waals surface area (Å²) in [6.07, 6.45) is 3.14. The molecule has 0 bridgehead atoms. The Morgan fingerprint density at radius 1 is 1.15 bits per heavy atom. The summed E-state index contributed by atoms with van der Waals surface area (Å²) in [7, 11) is 0. The molecule has 0 saturated heterocycles. The lowest BCUT2D eigenvalue weighted by Gasteiger charge is -2.19. The van der Waals surface area contributed by atoms with E-state index in [1.807, 2.05) is 25.1 Å². The molecule has 3 rings (SSSR count). The van der Waals surface area contributed by atoms with Crippen LogP contribution in [-0.4, -0.2) is 26.8 Å². The van der Waals surface area contributed by atoms with Crippen LogP contribution in [0.2, 0.25) is 0 Å². The summed E-state index contributed by atoms with van der Waals surface area (Å²) in [5.41, 5.74) is 3.30. The normalized spacial score (nSPS) is 12.9. The molecule has 134 valence electrons.